The Morgan fingerprint density at radius 2 is 1.75 bits per heavy atom. The van der Waals surface area contributed by atoms with Gasteiger partial charge in [0.2, 0.25) is 15.9 Å². The van der Waals surface area contributed by atoms with Crippen molar-refractivity contribution in [1.29, 1.82) is 0 Å². The van der Waals surface area contributed by atoms with E-state index < -0.39 is 34.1 Å². The molecule has 0 spiro atoms. The monoisotopic (exact) mass is 733 g/mol. The first-order chi connectivity index (χ1) is 24.5. The number of amides is 3. The fourth-order valence-corrected chi connectivity index (χ4v) is 8.19. The van der Waals surface area contributed by atoms with E-state index in [1.54, 1.807) is 34.2 Å². The second kappa shape index (κ2) is 17.1. The molecule has 0 bridgehead atoms. The van der Waals surface area contributed by atoms with Gasteiger partial charge in [0, 0.05) is 31.2 Å². The fourth-order valence-electron chi connectivity index (χ4n) is 6.15. The summed E-state index contributed by atoms with van der Waals surface area (Å²) >= 11 is 1.51. The Morgan fingerprint density at radius 3 is 2.37 bits per heavy atom. The molecule has 0 radical (unpaired) electrons. The van der Waals surface area contributed by atoms with E-state index in [0.717, 1.165) is 20.6 Å². The van der Waals surface area contributed by atoms with Crippen molar-refractivity contribution in [3.8, 4) is 0 Å². The van der Waals surface area contributed by atoms with E-state index in [1.807, 2.05) is 56.5 Å². The molecule has 3 heterocycles. The molecule has 5 rings (SSSR count). The van der Waals surface area contributed by atoms with Gasteiger partial charge < -0.3 is 20.2 Å². The maximum absolute atomic E-state index is 14.2. The number of aryl methyl sites for hydroxylation is 1. The van der Waals surface area contributed by atoms with Gasteiger partial charge in [0.25, 0.3) is 0 Å². The van der Waals surface area contributed by atoms with Gasteiger partial charge in [0.05, 0.1) is 46.5 Å². The van der Waals surface area contributed by atoms with E-state index in [9.17, 15) is 28.0 Å². The summed E-state index contributed by atoms with van der Waals surface area (Å²) in [6, 6.07) is 18.3. The molecule has 2 aromatic heterocycles. The molecule has 1 aliphatic rings. The molecular weight excluding hydrogens is 691 g/mol. The van der Waals surface area contributed by atoms with Crippen LogP contribution in [0.1, 0.15) is 41.4 Å². The summed E-state index contributed by atoms with van der Waals surface area (Å²) in [4.78, 5) is 50.5. The maximum atomic E-state index is 14.2. The normalized spacial score (nSPS) is 15.3. The number of carbonyl (C=O) groups excluding carboxylic acids is 2. The molecule has 1 aliphatic heterocycles. The Morgan fingerprint density at radius 1 is 1.02 bits per heavy atom. The zero-order chi connectivity index (χ0) is 36.5. The molecular formula is C36H43N7O6S2. The molecule has 0 unspecified atom stereocenters. The highest BCUT2D eigenvalue weighted by Crippen LogP contribution is 2.24. The molecule has 0 aliphatic carbocycles. The Kier molecular flexibility index (Phi) is 12.6. The number of aliphatic hydroxyl groups is 1. The van der Waals surface area contributed by atoms with E-state index in [2.05, 4.69) is 20.5 Å². The van der Waals surface area contributed by atoms with E-state index in [-0.39, 0.29) is 42.9 Å². The van der Waals surface area contributed by atoms with Crippen LogP contribution >= 0.6 is 11.3 Å². The molecule has 51 heavy (non-hydrogen) atoms. The van der Waals surface area contributed by atoms with Gasteiger partial charge in [-0.3, -0.25) is 9.78 Å². The fraction of sp³-hybridized carbons (Fsp3) is 0.389. The molecule has 1 fully saturated rings. The first kappa shape index (κ1) is 37.7. The van der Waals surface area contributed by atoms with E-state index >= 15 is 0 Å². The first-order valence-electron chi connectivity index (χ1n) is 16.7. The minimum absolute atomic E-state index is 0.0336. The lowest BCUT2D eigenvalue weighted by atomic mass is 9.98. The molecule has 0 saturated carbocycles. The highest BCUT2D eigenvalue weighted by atomic mass is 32.2. The van der Waals surface area contributed by atoms with Crippen LogP contribution in [0.3, 0.4) is 0 Å². The second-order valence-electron chi connectivity index (χ2n) is 12.9. The molecule has 15 heteroatoms. The molecule has 1 saturated heterocycles. The van der Waals surface area contributed by atoms with Crippen LogP contribution in [0.2, 0.25) is 0 Å². The molecule has 4 aromatic rings. The summed E-state index contributed by atoms with van der Waals surface area (Å²) in [5, 5.41) is 20.6. The van der Waals surface area contributed by atoms with E-state index in [0.29, 0.717) is 30.9 Å². The van der Waals surface area contributed by atoms with Crippen molar-refractivity contribution in [2.75, 3.05) is 19.6 Å². The first-order valence-corrected chi connectivity index (χ1v) is 19.0. The van der Waals surface area contributed by atoms with Crippen molar-refractivity contribution in [3.05, 3.63) is 117 Å². The van der Waals surface area contributed by atoms with Crippen LogP contribution in [0, 0.1) is 17.7 Å². The van der Waals surface area contributed by atoms with Gasteiger partial charge in [-0.2, -0.15) is 9.21 Å². The SMILES string of the molecule is Cc1nc(CN2CCN([C@H](C(=O)N[C@@H](Cc3ccccc3)[C@H](O)CN(Cc3ccccn3)S(=O)(=O)c3ccc(CN=O)cc3)C(C)C)C2=O)cs1. The zero-order valence-electron chi connectivity index (χ0n) is 28.8. The minimum atomic E-state index is -4.19. The minimum Gasteiger partial charge on any atom is -0.390 e. The van der Waals surface area contributed by atoms with Crippen LogP contribution in [0.4, 0.5) is 4.79 Å². The Bertz CT molecular complexity index is 1870. The quantitative estimate of drug-likeness (QED) is 0.151. The number of rotatable bonds is 17. The molecule has 270 valence electrons. The summed E-state index contributed by atoms with van der Waals surface area (Å²) in [6.07, 6.45) is 0.394. The number of aliphatic hydroxyl groups excluding tert-OH is 1. The number of benzene rings is 2. The van der Waals surface area contributed by atoms with Crippen molar-refractivity contribution < 1.29 is 23.1 Å². The van der Waals surface area contributed by atoms with Gasteiger partial charge in [-0.25, -0.2) is 18.2 Å². The summed E-state index contributed by atoms with van der Waals surface area (Å²) in [7, 11) is -4.19. The summed E-state index contributed by atoms with van der Waals surface area (Å²) < 4.78 is 29.3. The molecule has 2 aromatic carbocycles. The predicted octanol–water partition coefficient (Wildman–Crippen LogP) is 4.35. The topological polar surface area (TPSA) is 165 Å². The van der Waals surface area contributed by atoms with Crippen LogP contribution in [0.5, 0.6) is 0 Å². The largest absolute Gasteiger partial charge is 0.390 e. The average Bonchev–Trinajstić information content (AvgIpc) is 3.69. The average molecular weight is 734 g/mol. The summed E-state index contributed by atoms with van der Waals surface area (Å²) in [6.45, 7) is 6.16. The van der Waals surface area contributed by atoms with Crippen LogP contribution in [0.25, 0.3) is 0 Å². The van der Waals surface area contributed by atoms with Crippen LogP contribution in [-0.2, 0) is 40.9 Å². The number of carbonyl (C=O) groups is 2. The van der Waals surface area contributed by atoms with Gasteiger partial charge in [0.1, 0.15) is 12.6 Å². The highest BCUT2D eigenvalue weighted by molar-refractivity contribution is 7.89. The smallest absolute Gasteiger partial charge is 0.321 e. The van der Waals surface area contributed by atoms with Gasteiger partial charge in [-0.1, -0.05) is 67.6 Å². The van der Waals surface area contributed by atoms with E-state index in [4.69, 9.17) is 0 Å². The third kappa shape index (κ3) is 9.61. The zero-order valence-corrected chi connectivity index (χ0v) is 30.5. The second-order valence-corrected chi connectivity index (χ2v) is 15.9. The van der Waals surface area contributed by atoms with Crippen LogP contribution < -0.4 is 5.32 Å². The molecule has 3 amide bonds. The van der Waals surface area contributed by atoms with Gasteiger partial charge in [-0.05, 0) is 54.7 Å². The van der Waals surface area contributed by atoms with Crippen LogP contribution in [-0.4, -0.2) is 87.4 Å². The molecule has 13 nitrogen and oxygen atoms in total. The third-order valence-corrected chi connectivity index (χ3v) is 11.4. The van der Waals surface area contributed by atoms with Crippen molar-refractivity contribution >= 4 is 33.3 Å². The number of hydrogen-bond acceptors (Lipinski definition) is 10. The number of hydrogen-bond donors (Lipinski definition) is 2. The Hall–Kier alpha value is -4.57. The standard InChI is InChI=1S/C36H43N7O6S2/c1-25(2)34(43-18-17-41(36(43)46)21-30-24-50-26(3)39-30)35(45)40-32(19-27-9-5-4-6-10-27)33(44)23-42(22-29-11-7-8-16-37-29)51(48,49)31-14-12-28(13-15-31)20-38-47/h4-16,24-25,32-34,44H,17-23H2,1-3H3,(H,40,45)/t32-,33+,34-/m0/s1. The van der Waals surface area contributed by atoms with Crippen molar-refractivity contribution in [2.45, 2.75) is 69.9 Å². The number of thiazole rings is 1. The lowest BCUT2D eigenvalue weighted by Gasteiger charge is -2.34. The van der Waals surface area contributed by atoms with Gasteiger partial charge >= 0.3 is 6.03 Å². The molecule has 2 N–H and O–H groups in total. The van der Waals surface area contributed by atoms with Crippen molar-refractivity contribution in [1.82, 2.24) is 29.4 Å². The lowest BCUT2D eigenvalue weighted by Crippen LogP contribution is -2.57. The van der Waals surface area contributed by atoms with Crippen molar-refractivity contribution in [3.63, 3.8) is 0 Å². The number of aromatic nitrogens is 2. The van der Waals surface area contributed by atoms with Crippen LogP contribution in [0.15, 0.2) is 94.4 Å². The predicted molar refractivity (Wildman–Crippen MR) is 194 cm³/mol. The lowest BCUT2D eigenvalue weighted by molar-refractivity contribution is -0.128. The maximum Gasteiger partial charge on any atom is 0.321 e. The number of sulfonamides is 1. The number of nitrogens with zero attached hydrogens (tertiary/aromatic N) is 6. The van der Waals surface area contributed by atoms with Gasteiger partial charge in [0.15, 0.2) is 0 Å². The van der Waals surface area contributed by atoms with Crippen molar-refractivity contribution in [2.24, 2.45) is 11.1 Å². The Balaban J connectivity index is 1.40. The van der Waals surface area contributed by atoms with Gasteiger partial charge in [-0.15, -0.1) is 11.3 Å². The number of nitroso groups, excluding NO2 is 1. The highest BCUT2D eigenvalue weighted by Gasteiger charge is 2.40. The molecule has 3 atom stereocenters. The summed E-state index contributed by atoms with van der Waals surface area (Å²) in [5.41, 5.74) is 2.64. The van der Waals surface area contributed by atoms with E-state index in [1.165, 1.54) is 35.6 Å². The number of urea groups is 1. The third-order valence-electron chi connectivity index (χ3n) is 8.74. The summed E-state index contributed by atoms with van der Waals surface area (Å²) in [5.74, 6) is -0.702. The number of pyridine rings is 1. The Labute approximate surface area is 302 Å². The number of nitrogens with one attached hydrogen (secondary N) is 1.